The van der Waals surface area contributed by atoms with Gasteiger partial charge in [-0.1, -0.05) is 0 Å². The van der Waals surface area contributed by atoms with Crippen LogP contribution >= 0.6 is 0 Å². The van der Waals surface area contributed by atoms with Gasteiger partial charge < -0.3 is 5.11 Å². The van der Waals surface area contributed by atoms with Crippen molar-refractivity contribution in [3.05, 3.63) is 29.6 Å². The van der Waals surface area contributed by atoms with Gasteiger partial charge >= 0.3 is 0 Å². The Hall–Kier alpha value is -1.38. The highest BCUT2D eigenvalue weighted by Crippen LogP contribution is 2.14. The summed E-state index contributed by atoms with van der Waals surface area (Å²) >= 11 is 0. The summed E-state index contributed by atoms with van der Waals surface area (Å²) in [4.78, 5) is 10.7. The molecule has 0 aliphatic carbocycles. The number of Topliss-reactive ketones (excluding diaryl/α,β-unsaturated/α-hetero) is 1. The number of phenols is 1. The minimum atomic E-state index is -0.602. The van der Waals surface area contributed by atoms with Crippen LogP contribution in [0.2, 0.25) is 0 Å². The zero-order valence-corrected chi connectivity index (χ0v) is 5.97. The number of ketones is 1. The molecule has 0 heterocycles. The second-order valence-electron chi connectivity index (χ2n) is 2.25. The molecule has 0 spiro atoms. The number of hydrogen-bond donors (Lipinski definition) is 1. The molecule has 0 aliphatic heterocycles. The summed E-state index contributed by atoms with van der Waals surface area (Å²) in [5, 5.41) is 8.85. The monoisotopic (exact) mass is 154 g/mol. The van der Waals surface area contributed by atoms with Crippen molar-refractivity contribution in [2.45, 2.75) is 6.92 Å². The molecule has 1 aromatic carbocycles. The molecule has 0 aromatic heterocycles. The van der Waals surface area contributed by atoms with Crippen LogP contribution in [-0.2, 0) is 0 Å². The van der Waals surface area contributed by atoms with E-state index in [4.69, 9.17) is 5.11 Å². The van der Waals surface area contributed by atoms with Crippen molar-refractivity contribution in [2.75, 3.05) is 0 Å². The third kappa shape index (κ3) is 1.77. The number of aromatic hydroxyl groups is 1. The molecule has 3 heteroatoms. The Morgan fingerprint density at radius 1 is 1.45 bits per heavy atom. The minimum Gasteiger partial charge on any atom is -0.508 e. The third-order valence-electron chi connectivity index (χ3n) is 1.29. The molecule has 0 bridgehead atoms. The topological polar surface area (TPSA) is 37.3 Å². The van der Waals surface area contributed by atoms with Crippen molar-refractivity contribution in [1.82, 2.24) is 0 Å². The number of carbonyl (C=O) groups excluding carboxylic acids is 1. The quantitative estimate of drug-likeness (QED) is 0.625. The standard InChI is InChI=1S/C8H7FO2/c1-5(10)6-2-7(9)4-8(11)3-6/h2-4,11H,1H3. The zero-order valence-electron chi connectivity index (χ0n) is 5.97. The molecule has 0 unspecified atom stereocenters. The average Bonchev–Trinajstić information content (AvgIpc) is 1.85. The molecule has 1 rings (SSSR count). The highest BCUT2D eigenvalue weighted by molar-refractivity contribution is 5.94. The van der Waals surface area contributed by atoms with Gasteiger partial charge in [0.05, 0.1) is 0 Å². The van der Waals surface area contributed by atoms with Gasteiger partial charge in [0.1, 0.15) is 11.6 Å². The number of rotatable bonds is 1. The molecule has 0 aliphatic rings. The van der Waals surface area contributed by atoms with E-state index < -0.39 is 5.82 Å². The van der Waals surface area contributed by atoms with E-state index >= 15 is 0 Å². The van der Waals surface area contributed by atoms with E-state index in [1.807, 2.05) is 0 Å². The van der Waals surface area contributed by atoms with Crippen LogP contribution < -0.4 is 0 Å². The molecule has 2 nitrogen and oxygen atoms in total. The lowest BCUT2D eigenvalue weighted by molar-refractivity contribution is 0.101. The third-order valence-corrected chi connectivity index (χ3v) is 1.29. The normalized spacial score (nSPS) is 9.64. The van der Waals surface area contributed by atoms with Crippen LogP contribution in [0.4, 0.5) is 4.39 Å². The Kier molecular flexibility index (Phi) is 1.89. The summed E-state index contributed by atoms with van der Waals surface area (Å²) in [5.74, 6) is -1.09. The Morgan fingerprint density at radius 2 is 2.09 bits per heavy atom. The molecular weight excluding hydrogens is 147 g/mol. The van der Waals surface area contributed by atoms with Gasteiger partial charge in [-0.05, 0) is 19.1 Å². The van der Waals surface area contributed by atoms with Crippen LogP contribution in [0.5, 0.6) is 5.75 Å². The number of phenolic OH excluding ortho intramolecular Hbond substituents is 1. The molecule has 1 N–H and O–H groups in total. The van der Waals surface area contributed by atoms with E-state index in [0.717, 1.165) is 12.1 Å². The van der Waals surface area contributed by atoms with E-state index in [9.17, 15) is 9.18 Å². The molecule has 0 amide bonds. The summed E-state index contributed by atoms with van der Waals surface area (Å²) < 4.78 is 12.5. The molecule has 0 fully saturated rings. The molecular formula is C8H7FO2. The average molecular weight is 154 g/mol. The first-order valence-corrected chi connectivity index (χ1v) is 3.10. The van der Waals surface area contributed by atoms with E-state index in [2.05, 4.69) is 0 Å². The summed E-state index contributed by atoms with van der Waals surface area (Å²) in [6.45, 7) is 1.31. The molecule has 0 radical (unpaired) electrons. The molecule has 0 saturated carbocycles. The maximum atomic E-state index is 12.5. The first-order valence-electron chi connectivity index (χ1n) is 3.10. The van der Waals surface area contributed by atoms with Gasteiger partial charge in [-0.2, -0.15) is 0 Å². The van der Waals surface area contributed by atoms with Crippen molar-refractivity contribution in [1.29, 1.82) is 0 Å². The molecule has 0 saturated heterocycles. The van der Waals surface area contributed by atoms with Gasteiger partial charge in [0, 0.05) is 11.6 Å². The lowest BCUT2D eigenvalue weighted by Crippen LogP contribution is -1.91. The lowest BCUT2D eigenvalue weighted by atomic mass is 10.1. The van der Waals surface area contributed by atoms with Gasteiger partial charge in [-0.15, -0.1) is 0 Å². The molecule has 58 valence electrons. The summed E-state index contributed by atoms with van der Waals surface area (Å²) in [7, 11) is 0. The van der Waals surface area contributed by atoms with E-state index in [1.54, 1.807) is 0 Å². The predicted octanol–water partition coefficient (Wildman–Crippen LogP) is 1.73. The summed E-state index contributed by atoms with van der Waals surface area (Å²) in [5.41, 5.74) is 0.183. The highest BCUT2D eigenvalue weighted by Gasteiger charge is 2.02. The van der Waals surface area contributed by atoms with Gasteiger partial charge in [0.25, 0.3) is 0 Å². The molecule has 0 atom stereocenters. The van der Waals surface area contributed by atoms with E-state index in [-0.39, 0.29) is 17.1 Å². The van der Waals surface area contributed by atoms with Crippen LogP contribution in [0.3, 0.4) is 0 Å². The Morgan fingerprint density at radius 3 is 2.55 bits per heavy atom. The fourth-order valence-electron chi connectivity index (χ4n) is 0.777. The van der Waals surface area contributed by atoms with Gasteiger partial charge in [-0.3, -0.25) is 4.79 Å². The van der Waals surface area contributed by atoms with Gasteiger partial charge in [0.2, 0.25) is 0 Å². The smallest absolute Gasteiger partial charge is 0.160 e. The molecule has 11 heavy (non-hydrogen) atoms. The van der Waals surface area contributed by atoms with Gasteiger partial charge in [-0.25, -0.2) is 4.39 Å². The summed E-state index contributed by atoms with van der Waals surface area (Å²) in [6, 6.07) is 3.26. The number of hydrogen-bond acceptors (Lipinski definition) is 2. The number of benzene rings is 1. The lowest BCUT2D eigenvalue weighted by Gasteiger charge is -1.96. The van der Waals surface area contributed by atoms with Crippen molar-refractivity contribution >= 4 is 5.78 Å². The summed E-state index contributed by atoms with van der Waals surface area (Å²) in [6.07, 6.45) is 0. The SMILES string of the molecule is CC(=O)c1cc(O)cc(F)c1. The Balaban J connectivity index is 3.19. The number of carbonyl (C=O) groups is 1. The van der Waals surface area contributed by atoms with E-state index in [1.165, 1.54) is 13.0 Å². The predicted molar refractivity (Wildman–Crippen MR) is 38.1 cm³/mol. The Bertz CT molecular complexity index is 274. The van der Waals surface area contributed by atoms with Crippen molar-refractivity contribution in [3.8, 4) is 5.75 Å². The maximum Gasteiger partial charge on any atom is 0.160 e. The zero-order chi connectivity index (χ0) is 8.43. The largest absolute Gasteiger partial charge is 0.508 e. The highest BCUT2D eigenvalue weighted by atomic mass is 19.1. The first-order chi connectivity index (χ1) is 5.09. The van der Waals surface area contributed by atoms with Crippen molar-refractivity contribution in [3.63, 3.8) is 0 Å². The van der Waals surface area contributed by atoms with Crippen molar-refractivity contribution in [2.24, 2.45) is 0 Å². The van der Waals surface area contributed by atoms with Crippen molar-refractivity contribution < 1.29 is 14.3 Å². The van der Waals surface area contributed by atoms with Crippen LogP contribution in [0.25, 0.3) is 0 Å². The fraction of sp³-hybridized carbons (Fsp3) is 0.125. The minimum absolute atomic E-state index is 0.183. The van der Waals surface area contributed by atoms with Crippen LogP contribution in [0.1, 0.15) is 17.3 Å². The van der Waals surface area contributed by atoms with Gasteiger partial charge in [0.15, 0.2) is 5.78 Å². The van der Waals surface area contributed by atoms with E-state index in [0.29, 0.717) is 0 Å². The second kappa shape index (κ2) is 2.70. The molecule has 1 aromatic rings. The fourth-order valence-corrected chi connectivity index (χ4v) is 0.777. The maximum absolute atomic E-state index is 12.5. The Labute approximate surface area is 63.3 Å². The number of halogens is 1. The van der Waals surface area contributed by atoms with Crippen LogP contribution in [-0.4, -0.2) is 10.9 Å². The second-order valence-corrected chi connectivity index (χ2v) is 2.25. The van der Waals surface area contributed by atoms with Crippen LogP contribution in [0, 0.1) is 5.82 Å². The first kappa shape index (κ1) is 7.72. The van der Waals surface area contributed by atoms with Crippen LogP contribution in [0.15, 0.2) is 18.2 Å².